The number of sulfonamides is 1. The molecule has 9 nitrogen and oxygen atoms in total. The van der Waals surface area contributed by atoms with Gasteiger partial charge in [-0.3, -0.25) is 14.0 Å². The number of aromatic nitrogens is 4. The van der Waals surface area contributed by atoms with E-state index in [4.69, 9.17) is 11.6 Å². The summed E-state index contributed by atoms with van der Waals surface area (Å²) in [6.45, 7) is 1.82. The molecule has 1 aliphatic rings. The van der Waals surface area contributed by atoms with Crippen LogP contribution in [0.4, 0.5) is 0 Å². The number of hydrogen-bond donors (Lipinski definition) is 2. The molecule has 3 heterocycles. The zero-order valence-electron chi connectivity index (χ0n) is 19.7. The average molecular weight is 517 g/mol. The molecule has 3 aromatic heterocycles. The van der Waals surface area contributed by atoms with Crippen molar-refractivity contribution >= 4 is 44.6 Å². The Morgan fingerprint density at radius 2 is 2.06 bits per heavy atom. The molecule has 0 aliphatic heterocycles. The number of carbonyl (C=O) groups excluding carboxylic acids is 1. The number of nitrogens with one attached hydrogen (secondary N) is 2. The molecule has 2 N–H and O–H groups in total. The molecule has 0 saturated heterocycles. The van der Waals surface area contributed by atoms with E-state index >= 15 is 0 Å². The molecule has 0 unspecified atom stereocenters. The summed E-state index contributed by atoms with van der Waals surface area (Å²) in [7, 11) is -2.01. The summed E-state index contributed by atoms with van der Waals surface area (Å²) in [5, 5.41) is 9.10. The maximum Gasteiger partial charge on any atom is 0.257 e. The van der Waals surface area contributed by atoms with Crippen LogP contribution in [0.25, 0.3) is 22.9 Å². The molecule has 0 bridgehead atoms. The van der Waals surface area contributed by atoms with E-state index in [-0.39, 0.29) is 5.75 Å². The molecule has 0 radical (unpaired) electrons. The van der Waals surface area contributed by atoms with Crippen LogP contribution in [0.5, 0.6) is 0 Å². The molecule has 1 fully saturated rings. The topological polar surface area (TPSA) is 111 Å². The van der Waals surface area contributed by atoms with E-state index in [1.54, 1.807) is 30.2 Å². The lowest BCUT2D eigenvalue weighted by Gasteiger charge is -2.21. The molecular formula is C24H29ClN6O3S. The van der Waals surface area contributed by atoms with Crippen molar-refractivity contribution in [3.63, 3.8) is 0 Å². The monoisotopic (exact) mass is 516 g/mol. The molecule has 0 atom stereocenters. The highest BCUT2D eigenvalue weighted by atomic mass is 35.5. The summed E-state index contributed by atoms with van der Waals surface area (Å²) in [5.41, 5.74) is 2.04. The lowest BCUT2D eigenvalue weighted by atomic mass is 9.96. The third-order valence-electron chi connectivity index (χ3n) is 5.99. The van der Waals surface area contributed by atoms with Gasteiger partial charge in [-0.1, -0.05) is 36.9 Å². The molecule has 35 heavy (non-hydrogen) atoms. The van der Waals surface area contributed by atoms with Crippen molar-refractivity contribution in [1.29, 1.82) is 0 Å². The van der Waals surface area contributed by atoms with E-state index in [1.807, 2.05) is 29.8 Å². The number of rotatable bonds is 8. The van der Waals surface area contributed by atoms with Gasteiger partial charge in [0, 0.05) is 42.5 Å². The van der Waals surface area contributed by atoms with Gasteiger partial charge in [-0.25, -0.2) is 18.1 Å². The first kappa shape index (κ1) is 25.0. The average Bonchev–Trinajstić information content (AvgIpc) is 3.34. The summed E-state index contributed by atoms with van der Waals surface area (Å²) in [6.07, 6.45) is 15.2. The molecule has 186 valence electrons. The van der Waals surface area contributed by atoms with Crippen LogP contribution in [0.2, 0.25) is 5.02 Å². The highest BCUT2D eigenvalue weighted by molar-refractivity contribution is 7.90. The largest absolute Gasteiger partial charge is 0.388 e. The zero-order chi connectivity index (χ0) is 25.0. The molecule has 4 rings (SSSR count). The van der Waals surface area contributed by atoms with Gasteiger partial charge in [0.25, 0.3) is 5.91 Å². The number of halogens is 1. The van der Waals surface area contributed by atoms with Crippen molar-refractivity contribution < 1.29 is 13.2 Å². The van der Waals surface area contributed by atoms with Gasteiger partial charge in [0.2, 0.25) is 10.0 Å². The predicted octanol–water partition coefficient (Wildman–Crippen LogP) is 3.62. The molecule has 1 amide bonds. The van der Waals surface area contributed by atoms with Crippen molar-refractivity contribution in [2.75, 3.05) is 5.75 Å². The third-order valence-corrected chi connectivity index (χ3v) is 7.34. The number of carbonyl (C=O) groups is 1. The van der Waals surface area contributed by atoms with Crippen LogP contribution >= 0.6 is 11.6 Å². The van der Waals surface area contributed by atoms with Gasteiger partial charge in [0.1, 0.15) is 11.5 Å². The van der Waals surface area contributed by atoms with Crippen LogP contribution in [0.15, 0.2) is 42.9 Å². The Hall–Kier alpha value is -3.11. The summed E-state index contributed by atoms with van der Waals surface area (Å²) >= 11 is 6.05. The van der Waals surface area contributed by atoms with Crippen LogP contribution < -0.4 is 10.0 Å². The van der Waals surface area contributed by atoms with E-state index in [1.165, 1.54) is 31.4 Å². The Kier molecular flexibility index (Phi) is 7.61. The zero-order valence-corrected chi connectivity index (χ0v) is 21.3. The SMILES string of the molecule is Cc1nn(C)c(-n2ccc3cc(Cl)cnc32)c1/C=C/C(=O)NS(=O)(=O)CC=CNC1CCCCC1. The summed E-state index contributed by atoms with van der Waals surface area (Å²) in [4.78, 5) is 16.8. The summed E-state index contributed by atoms with van der Waals surface area (Å²) < 4.78 is 30.3. The first-order valence-electron chi connectivity index (χ1n) is 11.5. The Labute approximate surface area is 209 Å². The van der Waals surface area contributed by atoms with Gasteiger partial charge in [-0.15, -0.1) is 0 Å². The van der Waals surface area contributed by atoms with Gasteiger partial charge in [-0.05, 0) is 44.2 Å². The first-order valence-corrected chi connectivity index (χ1v) is 13.6. The molecule has 3 aromatic rings. The maximum atomic E-state index is 12.4. The minimum atomic E-state index is -3.81. The van der Waals surface area contributed by atoms with Gasteiger partial charge in [-0.2, -0.15) is 5.10 Å². The Morgan fingerprint density at radius 1 is 1.29 bits per heavy atom. The lowest BCUT2D eigenvalue weighted by Crippen LogP contribution is -2.31. The molecule has 11 heteroatoms. The fourth-order valence-corrected chi connectivity index (χ4v) is 5.32. The minimum Gasteiger partial charge on any atom is -0.388 e. The van der Waals surface area contributed by atoms with E-state index in [9.17, 15) is 13.2 Å². The highest BCUT2D eigenvalue weighted by Gasteiger charge is 2.17. The summed E-state index contributed by atoms with van der Waals surface area (Å²) in [6, 6.07) is 4.10. The molecule has 0 spiro atoms. The van der Waals surface area contributed by atoms with Gasteiger partial charge in [0.15, 0.2) is 0 Å². The van der Waals surface area contributed by atoms with E-state index < -0.39 is 15.9 Å². The second-order valence-corrected chi connectivity index (χ2v) is 10.9. The van der Waals surface area contributed by atoms with Crippen LogP contribution in [-0.4, -0.2) is 45.5 Å². The van der Waals surface area contributed by atoms with Crippen molar-refractivity contribution in [2.24, 2.45) is 7.05 Å². The van der Waals surface area contributed by atoms with Crippen molar-refractivity contribution in [1.82, 2.24) is 29.4 Å². The normalized spacial score (nSPS) is 15.4. The van der Waals surface area contributed by atoms with Crippen molar-refractivity contribution in [2.45, 2.75) is 45.1 Å². The molecular weight excluding hydrogens is 488 g/mol. The standard InChI is InChI=1S/C24H29ClN6O3S/c1-17-21(24(30(2)28-17)31-13-11-18-15-19(25)16-27-23(18)31)9-10-22(32)29-35(33,34)14-6-12-26-20-7-4-3-5-8-20/h6,9-13,15-16,20,26H,3-5,7-8,14H2,1-2H3,(H,29,32)/b10-9+,12-6?. The fourth-order valence-electron chi connectivity index (χ4n) is 4.35. The fraction of sp³-hybridized carbons (Fsp3) is 0.375. The van der Waals surface area contributed by atoms with Crippen LogP contribution in [0.3, 0.4) is 0 Å². The smallest absolute Gasteiger partial charge is 0.257 e. The number of hydrogen-bond acceptors (Lipinski definition) is 6. The first-order chi connectivity index (χ1) is 16.7. The molecule has 0 aromatic carbocycles. The Morgan fingerprint density at radius 3 is 2.83 bits per heavy atom. The molecule has 1 saturated carbocycles. The number of aryl methyl sites for hydroxylation is 2. The van der Waals surface area contributed by atoms with Crippen LogP contribution in [-0.2, 0) is 21.9 Å². The summed E-state index contributed by atoms with van der Waals surface area (Å²) in [5.74, 6) is -0.321. The highest BCUT2D eigenvalue weighted by Crippen LogP contribution is 2.25. The number of nitrogens with zero attached hydrogens (tertiary/aromatic N) is 4. The van der Waals surface area contributed by atoms with Crippen molar-refractivity contribution in [3.05, 3.63) is 59.2 Å². The van der Waals surface area contributed by atoms with Gasteiger partial charge >= 0.3 is 0 Å². The van der Waals surface area contributed by atoms with Gasteiger partial charge < -0.3 is 5.32 Å². The molecule has 1 aliphatic carbocycles. The van der Waals surface area contributed by atoms with Crippen LogP contribution in [0, 0.1) is 6.92 Å². The lowest BCUT2D eigenvalue weighted by molar-refractivity contribution is -0.114. The van der Waals surface area contributed by atoms with E-state index in [0.29, 0.717) is 33.8 Å². The third kappa shape index (κ3) is 6.12. The Bertz CT molecular complexity index is 1380. The number of fused-ring (bicyclic) bond motifs is 1. The van der Waals surface area contributed by atoms with Gasteiger partial charge in [0.05, 0.1) is 16.5 Å². The number of pyridine rings is 1. The van der Waals surface area contributed by atoms with E-state index in [2.05, 4.69) is 20.1 Å². The second kappa shape index (κ2) is 10.7. The van der Waals surface area contributed by atoms with Crippen LogP contribution in [0.1, 0.15) is 43.4 Å². The number of amides is 1. The second-order valence-electron chi connectivity index (χ2n) is 8.68. The predicted molar refractivity (Wildman–Crippen MR) is 138 cm³/mol. The van der Waals surface area contributed by atoms with E-state index in [0.717, 1.165) is 18.2 Å². The maximum absolute atomic E-state index is 12.4. The quantitative estimate of drug-likeness (QED) is 0.442. The van der Waals surface area contributed by atoms with Crippen molar-refractivity contribution in [3.8, 4) is 5.82 Å². The minimum absolute atomic E-state index is 0.285. The Balaban J connectivity index is 1.44.